The molecular weight excluding hydrogens is 364 g/mol. The number of para-hydroxylation sites is 1. The van der Waals surface area contributed by atoms with E-state index in [1.54, 1.807) is 17.0 Å². The van der Waals surface area contributed by atoms with Crippen molar-refractivity contribution in [3.8, 4) is 0 Å². The normalized spacial score (nSPS) is 17.7. The molecule has 27 heavy (non-hydrogen) atoms. The molecule has 1 fully saturated rings. The predicted molar refractivity (Wildman–Crippen MR) is 103 cm³/mol. The minimum absolute atomic E-state index is 0.0259. The number of fused-ring (bicyclic) bond motifs is 1. The molecule has 3 aromatic rings. The van der Waals surface area contributed by atoms with Crippen LogP contribution >= 0.6 is 0 Å². The third kappa shape index (κ3) is 3.51. The fourth-order valence-corrected chi connectivity index (χ4v) is 5.47. The van der Waals surface area contributed by atoms with E-state index in [0.717, 1.165) is 16.5 Å². The molecule has 0 saturated carbocycles. The SMILES string of the molecule is Cn1cc(CC(=O)N2CC[C@H](S(=O)(=O)Cc3ccco3)C2)c2ccccc21. The number of nitrogens with zero attached hydrogens (tertiary/aromatic N) is 2. The summed E-state index contributed by atoms with van der Waals surface area (Å²) < 4.78 is 32.4. The first-order valence-corrected chi connectivity index (χ1v) is 10.7. The standard InChI is InChI=1S/C20H22N2O4S/c1-21-12-15(18-6-2-3-7-19(18)21)11-20(23)22-9-8-17(13-22)27(24,25)14-16-5-4-10-26-16/h2-7,10,12,17H,8-9,11,13-14H2,1H3/t17-/m0/s1. The van der Waals surface area contributed by atoms with Gasteiger partial charge in [0.15, 0.2) is 9.84 Å². The van der Waals surface area contributed by atoms with Crippen LogP contribution in [0.4, 0.5) is 0 Å². The van der Waals surface area contributed by atoms with E-state index in [0.29, 0.717) is 18.7 Å². The van der Waals surface area contributed by atoms with Gasteiger partial charge in [-0.15, -0.1) is 0 Å². The number of carbonyl (C=O) groups excluding carboxylic acids is 1. The van der Waals surface area contributed by atoms with Gasteiger partial charge in [-0.1, -0.05) is 18.2 Å². The first-order valence-electron chi connectivity index (χ1n) is 8.99. The first-order chi connectivity index (χ1) is 12.9. The summed E-state index contributed by atoms with van der Waals surface area (Å²) in [4.78, 5) is 14.4. The highest BCUT2D eigenvalue weighted by molar-refractivity contribution is 7.91. The van der Waals surface area contributed by atoms with Gasteiger partial charge in [-0.3, -0.25) is 4.79 Å². The fraction of sp³-hybridized carbons (Fsp3) is 0.350. The minimum atomic E-state index is -3.34. The molecule has 0 spiro atoms. The summed E-state index contributed by atoms with van der Waals surface area (Å²) in [5.74, 6) is 0.299. The molecule has 3 heterocycles. The molecule has 6 nitrogen and oxygen atoms in total. The molecule has 0 bridgehead atoms. The Morgan fingerprint density at radius 2 is 2.04 bits per heavy atom. The summed E-state index contributed by atoms with van der Waals surface area (Å²) >= 11 is 0. The summed E-state index contributed by atoms with van der Waals surface area (Å²) in [6.45, 7) is 0.734. The van der Waals surface area contributed by atoms with E-state index in [1.165, 1.54) is 6.26 Å². The molecule has 0 aliphatic carbocycles. The lowest BCUT2D eigenvalue weighted by Gasteiger charge is -2.16. The predicted octanol–water partition coefficient (Wildman–Crippen LogP) is 2.53. The van der Waals surface area contributed by atoms with Gasteiger partial charge in [0.25, 0.3) is 0 Å². The van der Waals surface area contributed by atoms with Crippen LogP contribution in [-0.4, -0.2) is 42.1 Å². The molecule has 1 aliphatic rings. The number of hydrogen-bond donors (Lipinski definition) is 0. The van der Waals surface area contributed by atoms with Gasteiger partial charge < -0.3 is 13.9 Å². The molecule has 1 aromatic carbocycles. The molecule has 1 amide bonds. The lowest BCUT2D eigenvalue weighted by Crippen LogP contribution is -2.33. The number of hydrogen-bond acceptors (Lipinski definition) is 4. The Kier molecular flexibility index (Phi) is 4.55. The fourth-order valence-electron chi connectivity index (χ4n) is 3.80. The van der Waals surface area contributed by atoms with Crippen LogP contribution in [0, 0.1) is 0 Å². The van der Waals surface area contributed by atoms with Crippen molar-refractivity contribution < 1.29 is 17.6 Å². The number of aromatic nitrogens is 1. The summed E-state index contributed by atoms with van der Waals surface area (Å²) in [5.41, 5.74) is 2.06. The van der Waals surface area contributed by atoms with Crippen LogP contribution in [0.25, 0.3) is 10.9 Å². The molecule has 0 N–H and O–H groups in total. The first kappa shape index (κ1) is 17.9. The van der Waals surface area contributed by atoms with Crippen LogP contribution in [0.15, 0.2) is 53.3 Å². The Bertz CT molecular complexity index is 1070. The number of aryl methyl sites for hydroxylation is 1. The number of rotatable bonds is 5. The van der Waals surface area contributed by atoms with Gasteiger partial charge in [-0.05, 0) is 30.2 Å². The van der Waals surface area contributed by atoms with Crippen molar-refractivity contribution >= 4 is 26.6 Å². The maximum absolute atomic E-state index is 12.8. The van der Waals surface area contributed by atoms with Gasteiger partial charge in [-0.25, -0.2) is 8.42 Å². The summed E-state index contributed by atoms with van der Waals surface area (Å²) in [6.07, 6.45) is 4.21. The van der Waals surface area contributed by atoms with Crippen molar-refractivity contribution in [2.24, 2.45) is 7.05 Å². The van der Waals surface area contributed by atoms with Gasteiger partial charge >= 0.3 is 0 Å². The second-order valence-electron chi connectivity index (χ2n) is 7.10. The van der Waals surface area contributed by atoms with E-state index in [1.807, 2.05) is 42.1 Å². The highest BCUT2D eigenvalue weighted by Crippen LogP contribution is 2.24. The van der Waals surface area contributed by atoms with Gasteiger partial charge in [0.1, 0.15) is 11.5 Å². The monoisotopic (exact) mass is 386 g/mol. The second-order valence-corrected chi connectivity index (χ2v) is 9.38. The van der Waals surface area contributed by atoms with Crippen LogP contribution in [0.1, 0.15) is 17.7 Å². The average Bonchev–Trinajstić information content (AvgIpc) is 3.37. The topological polar surface area (TPSA) is 72.5 Å². The Balaban J connectivity index is 1.45. The second kappa shape index (κ2) is 6.88. The lowest BCUT2D eigenvalue weighted by atomic mass is 10.1. The molecule has 142 valence electrons. The largest absolute Gasteiger partial charge is 0.468 e. The van der Waals surface area contributed by atoms with E-state index in [2.05, 4.69) is 0 Å². The Morgan fingerprint density at radius 1 is 1.22 bits per heavy atom. The van der Waals surface area contributed by atoms with Crippen molar-refractivity contribution in [1.29, 1.82) is 0 Å². The van der Waals surface area contributed by atoms with Crippen molar-refractivity contribution in [1.82, 2.24) is 9.47 Å². The number of amides is 1. The highest BCUT2D eigenvalue weighted by atomic mass is 32.2. The van der Waals surface area contributed by atoms with Gasteiger partial charge in [0.2, 0.25) is 5.91 Å². The minimum Gasteiger partial charge on any atom is -0.468 e. The van der Waals surface area contributed by atoms with Gasteiger partial charge in [0, 0.05) is 37.2 Å². The van der Waals surface area contributed by atoms with Crippen molar-refractivity contribution in [2.45, 2.75) is 23.8 Å². The molecule has 0 unspecified atom stereocenters. The maximum Gasteiger partial charge on any atom is 0.227 e. The molecule has 4 rings (SSSR count). The molecule has 2 aromatic heterocycles. The molecule has 0 radical (unpaired) electrons. The zero-order chi connectivity index (χ0) is 19.0. The smallest absolute Gasteiger partial charge is 0.227 e. The lowest BCUT2D eigenvalue weighted by molar-refractivity contribution is -0.129. The van der Waals surface area contributed by atoms with Crippen LogP contribution in [-0.2, 0) is 33.9 Å². The molecule has 1 atom stereocenters. The number of benzene rings is 1. The quantitative estimate of drug-likeness (QED) is 0.675. The van der Waals surface area contributed by atoms with E-state index < -0.39 is 15.1 Å². The molecule has 7 heteroatoms. The third-order valence-corrected chi connectivity index (χ3v) is 7.34. The van der Waals surface area contributed by atoms with Crippen molar-refractivity contribution in [3.05, 3.63) is 60.2 Å². The summed E-state index contributed by atoms with van der Waals surface area (Å²) in [5, 5.41) is 0.536. The Labute approximate surface area is 158 Å². The number of carbonyl (C=O) groups is 1. The molecular formula is C20H22N2O4S. The van der Waals surface area contributed by atoms with E-state index >= 15 is 0 Å². The Morgan fingerprint density at radius 3 is 2.81 bits per heavy atom. The van der Waals surface area contributed by atoms with E-state index in [-0.39, 0.29) is 24.6 Å². The average molecular weight is 386 g/mol. The van der Waals surface area contributed by atoms with Crippen LogP contribution in [0.2, 0.25) is 0 Å². The third-order valence-electron chi connectivity index (χ3n) is 5.25. The van der Waals surface area contributed by atoms with Gasteiger partial charge in [-0.2, -0.15) is 0 Å². The number of likely N-dealkylation sites (tertiary alicyclic amines) is 1. The van der Waals surface area contributed by atoms with Crippen molar-refractivity contribution in [2.75, 3.05) is 13.1 Å². The molecule has 1 aliphatic heterocycles. The van der Waals surface area contributed by atoms with Crippen molar-refractivity contribution in [3.63, 3.8) is 0 Å². The summed E-state index contributed by atoms with van der Waals surface area (Å²) in [6, 6.07) is 11.3. The Hall–Kier alpha value is -2.54. The van der Waals surface area contributed by atoms with Crippen LogP contribution in [0.5, 0.6) is 0 Å². The van der Waals surface area contributed by atoms with Gasteiger partial charge in [0.05, 0.1) is 17.9 Å². The number of sulfone groups is 1. The maximum atomic E-state index is 12.8. The highest BCUT2D eigenvalue weighted by Gasteiger charge is 2.35. The molecule has 1 saturated heterocycles. The zero-order valence-electron chi connectivity index (χ0n) is 15.2. The van der Waals surface area contributed by atoms with Crippen LogP contribution < -0.4 is 0 Å². The zero-order valence-corrected chi connectivity index (χ0v) is 16.0. The van der Waals surface area contributed by atoms with E-state index in [9.17, 15) is 13.2 Å². The summed E-state index contributed by atoms with van der Waals surface area (Å²) in [7, 11) is -1.38. The van der Waals surface area contributed by atoms with E-state index in [4.69, 9.17) is 4.42 Å². The van der Waals surface area contributed by atoms with Crippen LogP contribution in [0.3, 0.4) is 0 Å². The number of furan rings is 1.